The smallest absolute Gasteiger partial charge is 0.222 e. The van der Waals surface area contributed by atoms with Crippen LogP contribution in [-0.4, -0.2) is 36.4 Å². The summed E-state index contributed by atoms with van der Waals surface area (Å²) in [7, 11) is 0. The second-order valence-electron chi connectivity index (χ2n) is 3.49. The van der Waals surface area contributed by atoms with Crippen LogP contribution in [0.3, 0.4) is 0 Å². The molecule has 76 valence electrons. The number of carbonyl (C=O) groups excluding carboxylic acids is 1. The van der Waals surface area contributed by atoms with E-state index >= 15 is 0 Å². The Morgan fingerprint density at radius 3 is 3.08 bits per heavy atom. The third-order valence-electron chi connectivity index (χ3n) is 2.12. The first-order valence-corrected chi connectivity index (χ1v) is 4.74. The fraction of sp³-hybridized carbons (Fsp3) is 0.889. The van der Waals surface area contributed by atoms with Gasteiger partial charge in [0, 0.05) is 12.6 Å². The van der Waals surface area contributed by atoms with Crippen LogP contribution in [0, 0.1) is 0 Å². The van der Waals surface area contributed by atoms with Crippen molar-refractivity contribution >= 4 is 5.91 Å². The summed E-state index contributed by atoms with van der Waals surface area (Å²) in [5, 5.41) is 11.4. The molecule has 0 saturated carbocycles. The Morgan fingerprint density at radius 1 is 1.77 bits per heavy atom. The van der Waals surface area contributed by atoms with Gasteiger partial charge in [-0.25, -0.2) is 0 Å². The average molecular weight is 187 g/mol. The van der Waals surface area contributed by atoms with E-state index in [2.05, 4.69) is 5.32 Å². The predicted octanol–water partition coefficient (Wildman–Crippen LogP) is 0.0525. The van der Waals surface area contributed by atoms with E-state index in [4.69, 9.17) is 9.84 Å². The molecule has 1 rings (SSSR count). The lowest BCUT2D eigenvalue weighted by Gasteiger charge is -2.13. The van der Waals surface area contributed by atoms with Crippen molar-refractivity contribution in [1.29, 1.82) is 0 Å². The van der Waals surface area contributed by atoms with Crippen molar-refractivity contribution in [2.24, 2.45) is 0 Å². The number of hydrogen-bond acceptors (Lipinski definition) is 3. The van der Waals surface area contributed by atoms with Gasteiger partial charge in [-0.15, -0.1) is 0 Å². The van der Waals surface area contributed by atoms with Crippen molar-refractivity contribution in [2.45, 2.75) is 38.3 Å². The summed E-state index contributed by atoms with van der Waals surface area (Å²) in [4.78, 5) is 11.3. The van der Waals surface area contributed by atoms with E-state index in [1.807, 2.05) is 0 Å². The van der Waals surface area contributed by atoms with Crippen LogP contribution < -0.4 is 5.32 Å². The molecule has 1 fully saturated rings. The molecule has 0 aromatic rings. The van der Waals surface area contributed by atoms with Gasteiger partial charge >= 0.3 is 0 Å². The molecule has 2 atom stereocenters. The molecule has 0 aromatic carbocycles. The zero-order valence-corrected chi connectivity index (χ0v) is 7.95. The highest BCUT2D eigenvalue weighted by atomic mass is 16.5. The zero-order valence-electron chi connectivity index (χ0n) is 7.95. The molecule has 1 amide bonds. The predicted molar refractivity (Wildman–Crippen MR) is 48.3 cm³/mol. The molecule has 1 aliphatic rings. The molecular weight excluding hydrogens is 170 g/mol. The number of amides is 1. The molecule has 0 spiro atoms. The van der Waals surface area contributed by atoms with Crippen LogP contribution in [0.4, 0.5) is 0 Å². The van der Waals surface area contributed by atoms with E-state index in [9.17, 15) is 4.79 Å². The third kappa shape index (κ3) is 3.74. The molecular formula is C9H17NO3. The summed E-state index contributed by atoms with van der Waals surface area (Å²) >= 11 is 0. The van der Waals surface area contributed by atoms with Crippen molar-refractivity contribution < 1.29 is 14.6 Å². The number of rotatable bonds is 4. The standard InChI is InChI=1S/C9H17NO3/c1-7(6-11)10-9(12)5-8-3-2-4-13-8/h7-8,11H,2-6H2,1H3,(H,10,12)/t7-,8?/m1/s1. The molecule has 4 heteroatoms. The number of ether oxygens (including phenoxy) is 1. The largest absolute Gasteiger partial charge is 0.394 e. The number of aliphatic hydroxyl groups excluding tert-OH is 1. The normalized spacial score (nSPS) is 24.3. The lowest BCUT2D eigenvalue weighted by molar-refractivity contribution is -0.124. The zero-order chi connectivity index (χ0) is 9.68. The number of nitrogens with one attached hydrogen (secondary N) is 1. The van der Waals surface area contributed by atoms with Gasteiger partial charge in [-0.2, -0.15) is 0 Å². The fourth-order valence-electron chi connectivity index (χ4n) is 1.39. The highest BCUT2D eigenvalue weighted by Gasteiger charge is 2.19. The minimum absolute atomic E-state index is 0.0166. The highest BCUT2D eigenvalue weighted by molar-refractivity contribution is 5.76. The van der Waals surface area contributed by atoms with Gasteiger partial charge in [-0.3, -0.25) is 4.79 Å². The van der Waals surface area contributed by atoms with Gasteiger partial charge in [-0.1, -0.05) is 0 Å². The molecule has 0 radical (unpaired) electrons. The van der Waals surface area contributed by atoms with Crippen LogP contribution in [-0.2, 0) is 9.53 Å². The van der Waals surface area contributed by atoms with Gasteiger partial charge in [0.05, 0.1) is 19.1 Å². The molecule has 0 aliphatic carbocycles. The van der Waals surface area contributed by atoms with Crippen molar-refractivity contribution in [3.63, 3.8) is 0 Å². The Bertz CT molecular complexity index is 166. The second kappa shape index (κ2) is 5.19. The molecule has 1 aliphatic heterocycles. The first-order valence-electron chi connectivity index (χ1n) is 4.74. The van der Waals surface area contributed by atoms with E-state index in [0.29, 0.717) is 6.42 Å². The van der Waals surface area contributed by atoms with Gasteiger partial charge in [0.2, 0.25) is 5.91 Å². The Morgan fingerprint density at radius 2 is 2.54 bits per heavy atom. The lowest BCUT2D eigenvalue weighted by atomic mass is 10.1. The fourth-order valence-corrected chi connectivity index (χ4v) is 1.39. The first kappa shape index (κ1) is 10.5. The van der Waals surface area contributed by atoms with Gasteiger partial charge < -0.3 is 15.2 Å². The van der Waals surface area contributed by atoms with Gasteiger partial charge in [0.1, 0.15) is 0 Å². The molecule has 1 unspecified atom stereocenters. The van der Waals surface area contributed by atoms with Gasteiger partial charge in [-0.05, 0) is 19.8 Å². The van der Waals surface area contributed by atoms with Crippen molar-refractivity contribution in [2.75, 3.05) is 13.2 Å². The van der Waals surface area contributed by atoms with Crippen LogP contribution in [0.5, 0.6) is 0 Å². The summed E-state index contributed by atoms with van der Waals surface area (Å²) in [5.74, 6) is -0.0338. The molecule has 2 N–H and O–H groups in total. The molecule has 0 aromatic heterocycles. The monoisotopic (exact) mass is 187 g/mol. The first-order chi connectivity index (χ1) is 6.22. The highest BCUT2D eigenvalue weighted by Crippen LogP contribution is 2.14. The molecule has 4 nitrogen and oxygen atoms in total. The quantitative estimate of drug-likeness (QED) is 0.654. The van der Waals surface area contributed by atoms with Crippen LogP contribution in [0.15, 0.2) is 0 Å². The Labute approximate surface area is 78.3 Å². The summed E-state index contributed by atoms with van der Waals surface area (Å²) in [6.45, 7) is 2.53. The van der Waals surface area contributed by atoms with E-state index in [0.717, 1.165) is 19.4 Å². The maximum absolute atomic E-state index is 11.3. The minimum Gasteiger partial charge on any atom is -0.394 e. The van der Waals surface area contributed by atoms with Crippen molar-refractivity contribution in [1.82, 2.24) is 5.32 Å². The Hall–Kier alpha value is -0.610. The van der Waals surface area contributed by atoms with Crippen molar-refractivity contribution in [3.05, 3.63) is 0 Å². The van der Waals surface area contributed by atoms with Crippen molar-refractivity contribution in [3.8, 4) is 0 Å². The van der Waals surface area contributed by atoms with E-state index in [1.54, 1.807) is 6.92 Å². The Kier molecular flexibility index (Phi) is 4.18. The molecule has 1 saturated heterocycles. The third-order valence-corrected chi connectivity index (χ3v) is 2.12. The summed E-state index contributed by atoms with van der Waals surface area (Å²) < 4.78 is 5.32. The van der Waals surface area contributed by atoms with Gasteiger partial charge in [0.15, 0.2) is 0 Å². The molecule has 13 heavy (non-hydrogen) atoms. The second-order valence-corrected chi connectivity index (χ2v) is 3.49. The molecule has 1 heterocycles. The number of hydrogen-bond donors (Lipinski definition) is 2. The number of carbonyl (C=O) groups is 1. The van der Waals surface area contributed by atoms with Crippen LogP contribution in [0.2, 0.25) is 0 Å². The van der Waals surface area contributed by atoms with Crippen LogP contribution >= 0.6 is 0 Å². The van der Waals surface area contributed by atoms with Crippen LogP contribution in [0.25, 0.3) is 0 Å². The number of aliphatic hydroxyl groups is 1. The summed E-state index contributed by atoms with van der Waals surface area (Å²) in [5.41, 5.74) is 0. The van der Waals surface area contributed by atoms with Crippen LogP contribution in [0.1, 0.15) is 26.2 Å². The summed E-state index contributed by atoms with van der Waals surface area (Å²) in [6.07, 6.45) is 2.53. The SMILES string of the molecule is C[C@H](CO)NC(=O)CC1CCCO1. The topological polar surface area (TPSA) is 58.6 Å². The average Bonchev–Trinajstić information content (AvgIpc) is 2.56. The minimum atomic E-state index is -0.158. The maximum atomic E-state index is 11.3. The lowest BCUT2D eigenvalue weighted by Crippen LogP contribution is -2.36. The van der Waals surface area contributed by atoms with Gasteiger partial charge in [0.25, 0.3) is 0 Å². The van der Waals surface area contributed by atoms with E-state index < -0.39 is 0 Å². The van der Waals surface area contributed by atoms with E-state index in [1.165, 1.54) is 0 Å². The van der Waals surface area contributed by atoms with E-state index in [-0.39, 0.29) is 24.7 Å². The summed E-state index contributed by atoms with van der Waals surface area (Å²) in [6, 6.07) is -0.158. The molecule has 0 bridgehead atoms. The Balaban J connectivity index is 2.16. The maximum Gasteiger partial charge on any atom is 0.222 e.